The van der Waals surface area contributed by atoms with Crippen LogP contribution in [0.15, 0.2) is 102 Å². The number of phenolic OH excluding ortho intramolecular Hbond substituents is 1. The van der Waals surface area contributed by atoms with E-state index in [0.717, 1.165) is 16.7 Å². The molecule has 0 fully saturated rings. The number of hydrogen-bond acceptors (Lipinski definition) is 3. The number of hydrogen-bond donors (Lipinski definition) is 3. The number of phenols is 1. The van der Waals surface area contributed by atoms with E-state index in [1.54, 1.807) is 11.5 Å². The molecule has 3 aromatic carbocycles. The van der Waals surface area contributed by atoms with Crippen molar-refractivity contribution in [3.8, 4) is 5.75 Å². The highest BCUT2D eigenvalue weighted by Crippen LogP contribution is 2.43. The van der Waals surface area contributed by atoms with Gasteiger partial charge in [-0.1, -0.05) is 106 Å². The molecule has 1 aliphatic rings. The third kappa shape index (κ3) is 4.50. The third-order valence-electron chi connectivity index (χ3n) is 6.77. The summed E-state index contributed by atoms with van der Waals surface area (Å²) in [5.74, 6) is 0.215. The molecular weight excluding hydrogens is 418 g/mol. The van der Waals surface area contributed by atoms with Crippen molar-refractivity contribution in [3.63, 3.8) is 0 Å². The van der Waals surface area contributed by atoms with Crippen LogP contribution < -0.4 is 5.43 Å². The van der Waals surface area contributed by atoms with E-state index in [1.807, 2.05) is 48.6 Å². The van der Waals surface area contributed by atoms with Gasteiger partial charge in [-0.15, -0.1) is 0 Å². The van der Waals surface area contributed by atoms with Gasteiger partial charge in [0.2, 0.25) is 0 Å². The fraction of sp³-hybridized carbons (Fsp3) is 0.200. The molecule has 0 heterocycles. The summed E-state index contributed by atoms with van der Waals surface area (Å²) in [4.78, 5) is 0. The molecule has 4 N–H and O–H groups in total. The predicted octanol–water partition coefficient (Wildman–Crippen LogP) is 5.74. The van der Waals surface area contributed by atoms with Crippen molar-refractivity contribution < 1.29 is 10.5 Å². The second kappa shape index (κ2) is 9.24. The van der Waals surface area contributed by atoms with Gasteiger partial charge in [0.15, 0.2) is 11.4 Å². The van der Waals surface area contributed by atoms with E-state index in [-0.39, 0.29) is 11.2 Å². The average molecular weight is 451 g/mol. The summed E-state index contributed by atoms with van der Waals surface area (Å²) >= 11 is 0. The van der Waals surface area contributed by atoms with Crippen molar-refractivity contribution in [1.82, 2.24) is 0 Å². The lowest BCUT2D eigenvalue weighted by Crippen LogP contribution is -2.72. The van der Waals surface area contributed by atoms with E-state index >= 15 is 0 Å². The van der Waals surface area contributed by atoms with Gasteiger partial charge in [0, 0.05) is 22.5 Å². The largest absolute Gasteiger partial charge is 0.502 e. The lowest BCUT2D eigenvalue weighted by Gasteiger charge is -2.31. The quantitative estimate of drug-likeness (QED) is 0.145. The maximum Gasteiger partial charge on any atom is 0.198 e. The Labute approximate surface area is 201 Å². The first-order valence-electron chi connectivity index (χ1n) is 11.5. The minimum Gasteiger partial charge on any atom is -0.502 e. The molecule has 34 heavy (non-hydrogen) atoms. The van der Waals surface area contributed by atoms with Gasteiger partial charge in [-0.25, -0.2) is 0 Å². The lowest BCUT2D eigenvalue weighted by molar-refractivity contribution is -0.577. The first-order valence-corrected chi connectivity index (χ1v) is 11.5. The zero-order valence-corrected chi connectivity index (χ0v) is 20.2. The molecule has 0 saturated heterocycles. The Hall–Kier alpha value is -3.76. The molecule has 4 heteroatoms. The molecule has 0 unspecified atom stereocenters. The summed E-state index contributed by atoms with van der Waals surface area (Å²) in [7, 11) is 0. The van der Waals surface area contributed by atoms with Crippen LogP contribution in [0.25, 0.3) is 0 Å². The van der Waals surface area contributed by atoms with E-state index in [9.17, 15) is 5.11 Å². The minimum atomic E-state index is -0.427. The van der Waals surface area contributed by atoms with Gasteiger partial charge in [0.25, 0.3) is 0 Å². The molecule has 0 amide bonds. The fourth-order valence-electron chi connectivity index (χ4n) is 4.35. The highest BCUT2D eigenvalue weighted by molar-refractivity contribution is 6.49. The zero-order valence-electron chi connectivity index (χ0n) is 20.2. The monoisotopic (exact) mass is 450 g/mol. The number of aromatic hydroxyl groups is 1. The fourth-order valence-corrected chi connectivity index (χ4v) is 4.35. The Morgan fingerprint density at radius 3 is 1.88 bits per heavy atom. The SMILES string of the molecule is CC(C)(c1ccccc1)c1cc([NH2+]/N=C2/C=CC=CC2=N)c(O)c(C(C)(C)c2ccccc2)c1. The summed E-state index contributed by atoms with van der Waals surface area (Å²) in [5, 5.41) is 24.1. The standard InChI is InChI=1S/C30H31N3O/c1-29(2,21-13-7-5-8-14-21)23-19-24(30(3,4)22-15-9-6-10-16-22)28(34)27(20-23)33-32-26-18-12-11-17-25(26)31/h5-20,31,33-34H,1-4H3/p+1/b31-25?,32-26-. The molecule has 0 spiro atoms. The Morgan fingerprint density at radius 2 is 1.29 bits per heavy atom. The van der Waals surface area contributed by atoms with Crippen molar-refractivity contribution in [2.24, 2.45) is 5.10 Å². The molecule has 4 nitrogen and oxygen atoms in total. The number of nitrogens with two attached hydrogens (primary N) is 1. The van der Waals surface area contributed by atoms with Crippen molar-refractivity contribution in [2.45, 2.75) is 38.5 Å². The van der Waals surface area contributed by atoms with E-state index in [2.05, 4.69) is 75.3 Å². The molecule has 0 radical (unpaired) electrons. The van der Waals surface area contributed by atoms with Crippen LogP contribution in [-0.4, -0.2) is 16.5 Å². The van der Waals surface area contributed by atoms with Crippen LogP contribution in [0, 0.1) is 5.41 Å². The van der Waals surface area contributed by atoms with E-state index in [4.69, 9.17) is 5.41 Å². The van der Waals surface area contributed by atoms with Gasteiger partial charge >= 0.3 is 0 Å². The van der Waals surface area contributed by atoms with Gasteiger partial charge in [0.1, 0.15) is 5.71 Å². The highest BCUT2D eigenvalue weighted by atomic mass is 16.3. The van der Waals surface area contributed by atoms with Gasteiger partial charge in [-0.3, -0.25) is 5.41 Å². The molecule has 0 aliphatic heterocycles. The molecule has 0 atom stereocenters. The van der Waals surface area contributed by atoms with Crippen LogP contribution in [-0.2, 0) is 10.8 Å². The molecule has 0 bridgehead atoms. The Morgan fingerprint density at radius 1 is 0.735 bits per heavy atom. The Bertz CT molecular complexity index is 1280. The van der Waals surface area contributed by atoms with Crippen LogP contribution in [0.3, 0.4) is 0 Å². The second-order valence-corrected chi connectivity index (χ2v) is 9.72. The van der Waals surface area contributed by atoms with Crippen molar-refractivity contribution in [2.75, 3.05) is 0 Å². The van der Waals surface area contributed by atoms with Crippen molar-refractivity contribution in [3.05, 3.63) is 119 Å². The molecular formula is C30H32N3O+. The van der Waals surface area contributed by atoms with E-state index in [1.165, 1.54) is 5.56 Å². The maximum absolute atomic E-state index is 11.5. The van der Waals surface area contributed by atoms with Crippen LogP contribution in [0.2, 0.25) is 0 Å². The summed E-state index contributed by atoms with van der Waals surface area (Å²) in [6, 6.07) is 24.8. The average Bonchev–Trinajstić information content (AvgIpc) is 2.85. The highest BCUT2D eigenvalue weighted by Gasteiger charge is 2.33. The lowest BCUT2D eigenvalue weighted by atomic mass is 9.72. The second-order valence-electron chi connectivity index (χ2n) is 9.72. The van der Waals surface area contributed by atoms with Crippen LogP contribution in [0.1, 0.15) is 49.9 Å². The smallest absolute Gasteiger partial charge is 0.198 e. The minimum absolute atomic E-state index is 0.215. The number of nitrogens with zero attached hydrogens (tertiary/aromatic N) is 1. The Kier molecular flexibility index (Phi) is 6.36. The summed E-state index contributed by atoms with van der Waals surface area (Å²) in [5.41, 5.74) is 6.79. The van der Waals surface area contributed by atoms with Crippen molar-refractivity contribution >= 4 is 17.1 Å². The van der Waals surface area contributed by atoms with Crippen molar-refractivity contribution in [1.29, 1.82) is 5.41 Å². The number of nitrogens with one attached hydrogen (secondary N) is 1. The van der Waals surface area contributed by atoms with Crippen LogP contribution in [0.4, 0.5) is 5.69 Å². The van der Waals surface area contributed by atoms with Gasteiger partial charge in [-0.05, 0) is 34.9 Å². The van der Waals surface area contributed by atoms with Gasteiger partial charge in [-0.2, -0.15) is 5.43 Å². The van der Waals surface area contributed by atoms with Gasteiger partial charge < -0.3 is 5.11 Å². The Balaban J connectivity index is 1.87. The first-order chi connectivity index (χ1) is 16.2. The molecule has 3 aromatic rings. The van der Waals surface area contributed by atoms with E-state index in [0.29, 0.717) is 17.1 Å². The topological polar surface area (TPSA) is 73.0 Å². The van der Waals surface area contributed by atoms with Crippen LogP contribution in [0.5, 0.6) is 5.75 Å². The third-order valence-corrected chi connectivity index (χ3v) is 6.77. The zero-order chi connectivity index (χ0) is 24.3. The summed E-state index contributed by atoms with van der Waals surface area (Å²) in [6.07, 6.45) is 7.21. The molecule has 1 aliphatic carbocycles. The molecule has 4 rings (SSSR count). The normalized spacial score (nSPS) is 15.2. The first kappa shape index (κ1) is 23.4. The van der Waals surface area contributed by atoms with Gasteiger partial charge in [0.05, 0.1) is 5.71 Å². The summed E-state index contributed by atoms with van der Waals surface area (Å²) in [6.45, 7) is 8.68. The molecule has 172 valence electrons. The predicted molar refractivity (Wildman–Crippen MR) is 140 cm³/mol. The van der Waals surface area contributed by atoms with Crippen LogP contribution >= 0.6 is 0 Å². The van der Waals surface area contributed by atoms with E-state index < -0.39 is 5.41 Å². The number of rotatable bonds is 6. The molecule has 0 aromatic heterocycles. The maximum atomic E-state index is 11.5. The summed E-state index contributed by atoms with van der Waals surface area (Å²) < 4.78 is 0. The number of benzene rings is 3. The number of quaternary nitrogens is 1. The number of allylic oxidation sites excluding steroid dienone is 4. The molecule has 0 saturated carbocycles.